The largest absolute Gasteiger partial charge is 0.375 e. The summed E-state index contributed by atoms with van der Waals surface area (Å²) < 4.78 is 5.33. The normalized spacial score (nSPS) is 13.0. The molecule has 0 fully saturated rings. The molecule has 1 N–H and O–H groups in total. The molecule has 2 rings (SSSR count). The number of aromatic nitrogens is 2. The van der Waals surface area contributed by atoms with Crippen LogP contribution in [0, 0.1) is 4.91 Å². The van der Waals surface area contributed by atoms with Crippen molar-refractivity contribution in [3.05, 3.63) is 70.0 Å². The summed E-state index contributed by atoms with van der Waals surface area (Å²) in [6, 6.07) is 7.13. The molecule has 26 heavy (non-hydrogen) atoms. The molecule has 1 aromatic heterocycles. The molecule has 0 saturated carbocycles. The maximum absolute atomic E-state index is 11.1. The van der Waals surface area contributed by atoms with Crippen molar-refractivity contribution >= 4 is 17.4 Å². The van der Waals surface area contributed by atoms with E-state index in [0.717, 1.165) is 23.2 Å². The van der Waals surface area contributed by atoms with E-state index in [1.165, 1.54) is 6.33 Å². The summed E-state index contributed by atoms with van der Waals surface area (Å²) in [6.07, 6.45) is 3.89. The summed E-state index contributed by atoms with van der Waals surface area (Å²) in [5.41, 5.74) is 2.66. The Morgan fingerprint density at radius 2 is 2.00 bits per heavy atom. The summed E-state index contributed by atoms with van der Waals surface area (Å²) in [7, 11) is 0. The number of aryl methyl sites for hydroxylation is 1. The minimum atomic E-state index is -0.532. The standard InChI is InChI=1S/C19H23ClN4O2/c1-4-10-26-11-17(24-25)15-8-6-14(7-9-15)13(3)23-19-18(20)16(5-2)21-12-22-19/h4,6-9,12-13,17H,1,5,10-11H2,2-3H3,(H,21,22,23). The summed E-state index contributed by atoms with van der Waals surface area (Å²) >= 11 is 6.33. The molecule has 0 amide bonds. The van der Waals surface area contributed by atoms with E-state index in [4.69, 9.17) is 16.3 Å². The minimum absolute atomic E-state index is 0.0131. The molecule has 138 valence electrons. The van der Waals surface area contributed by atoms with Gasteiger partial charge in [0.25, 0.3) is 0 Å². The van der Waals surface area contributed by atoms with Gasteiger partial charge < -0.3 is 10.1 Å². The first-order valence-electron chi connectivity index (χ1n) is 8.47. The second-order valence-electron chi connectivity index (χ2n) is 5.82. The van der Waals surface area contributed by atoms with Gasteiger partial charge >= 0.3 is 0 Å². The fourth-order valence-electron chi connectivity index (χ4n) is 2.50. The first kappa shape index (κ1) is 20.0. The van der Waals surface area contributed by atoms with Crippen LogP contribution in [-0.4, -0.2) is 23.2 Å². The molecule has 0 aliphatic carbocycles. The van der Waals surface area contributed by atoms with Crippen LogP contribution < -0.4 is 5.32 Å². The van der Waals surface area contributed by atoms with E-state index in [2.05, 4.69) is 27.0 Å². The average Bonchev–Trinajstić information content (AvgIpc) is 2.67. The number of nitrogens with zero attached hydrogens (tertiary/aromatic N) is 3. The van der Waals surface area contributed by atoms with Gasteiger partial charge in [-0.2, -0.15) is 4.91 Å². The molecule has 0 aliphatic heterocycles. The molecule has 1 heterocycles. The Bertz CT molecular complexity index is 737. The molecule has 0 spiro atoms. The van der Waals surface area contributed by atoms with E-state index in [1.807, 2.05) is 38.1 Å². The van der Waals surface area contributed by atoms with Crippen LogP contribution in [0.4, 0.5) is 5.82 Å². The first-order valence-corrected chi connectivity index (χ1v) is 8.85. The van der Waals surface area contributed by atoms with Crippen molar-refractivity contribution < 1.29 is 4.74 Å². The number of rotatable bonds is 10. The molecule has 0 bridgehead atoms. The van der Waals surface area contributed by atoms with Gasteiger partial charge in [-0.25, -0.2) is 9.97 Å². The fourth-order valence-corrected chi connectivity index (χ4v) is 2.78. The van der Waals surface area contributed by atoms with Gasteiger partial charge in [-0.15, -0.1) is 6.58 Å². The molecule has 7 heteroatoms. The van der Waals surface area contributed by atoms with Crippen molar-refractivity contribution in [2.75, 3.05) is 18.5 Å². The van der Waals surface area contributed by atoms with Crippen LogP contribution in [0.2, 0.25) is 5.02 Å². The number of nitroso groups, excluding NO2 is 1. The Labute approximate surface area is 158 Å². The minimum Gasteiger partial charge on any atom is -0.375 e. The highest BCUT2D eigenvalue weighted by atomic mass is 35.5. The Morgan fingerprint density at radius 1 is 1.31 bits per heavy atom. The Hall–Kier alpha value is -2.31. The smallest absolute Gasteiger partial charge is 0.148 e. The van der Waals surface area contributed by atoms with E-state index in [1.54, 1.807) is 6.08 Å². The van der Waals surface area contributed by atoms with Crippen LogP contribution in [0.5, 0.6) is 0 Å². The lowest BCUT2D eigenvalue weighted by Gasteiger charge is -2.17. The molecular formula is C19H23ClN4O2. The summed E-state index contributed by atoms with van der Waals surface area (Å²) in [5.74, 6) is 0.611. The van der Waals surface area contributed by atoms with Gasteiger partial charge in [-0.1, -0.05) is 54.0 Å². The van der Waals surface area contributed by atoms with Gasteiger partial charge in [0.05, 0.1) is 18.9 Å². The highest BCUT2D eigenvalue weighted by Crippen LogP contribution is 2.27. The second kappa shape index (κ2) is 9.99. The van der Waals surface area contributed by atoms with E-state index in [0.29, 0.717) is 17.4 Å². The SMILES string of the molecule is C=CCOCC(N=O)c1ccc(C(C)Nc2ncnc(CC)c2Cl)cc1. The maximum atomic E-state index is 11.1. The van der Waals surface area contributed by atoms with E-state index < -0.39 is 6.04 Å². The first-order chi connectivity index (χ1) is 12.6. The topological polar surface area (TPSA) is 76.5 Å². The highest BCUT2D eigenvalue weighted by Gasteiger charge is 2.15. The van der Waals surface area contributed by atoms with Gasteiger partial charge in [0.15, 0.2) is 0 Å². The quantitative estimate of drug-likeness (QED) is 0.364. The summed E-state index contributed by atoms with van der Waals surface area (Å²) in [4.78, 5) is 19.4. The maximum Gasteiger partial charge on any atom is 0.148 e. The number of hydrogen-bond donors (Lipinski definition) is 1. The Kier molecular flexibility index (Phi) is 7.69. The van der Waals surface area contributed by atoms with Crippen LogP contribution >= 0.6 is 11.6 Å². The van der Waals surface area contributed by atoms with E-state index in [-0.39, 0.29) is 12.6 Å². The lowest BCUT2D eigenvalue weighted by atomic mass is 10.0. The second-order valence-corrected chi connectivity index (χ2v) is 6.19. The molecule has 2 aromatic rings. The number of ether oxygens (including phenoxy) is 1. The number of halogens is 1. The van der Waals surface area contributed by atoms with Crippen molar-refractivity contribution in [2.45, 2.75) is 32.4 Å². The molecule has 2 atom stereocenters. The zero-order chi connectivity index (χ0) is 18.9. The zero-order valence-corrected chi connectivity index (χ0v) is 15.7. The van der Waals surface area contributed by atoms with Crippen LogP contribution in [-0.2, 0) is 11.2 Å². The van der Waals surface area contributed by atoms with Crippen molar-refractivity contribution in [1.29, 1.82) is 0 Å². The average molecular weight is 375 g/mol. The van der Waals surface area contributed by atoms with Crippen LogP contribution in [0.15, 0.2) is 48.4 Å². The van der Waals surface area contributed by atoms with Crippen molar-refractivity contribution in [1.82, 2.24) is 9.97 Å². The fraction of sp³-hybridized carbons (Fsp3) is 0.368. The Morgan fingerprint density at radius 3 is 2.62 bits per heavy atom. The van der Waals surface area contributed by atoms with E-state index >= 15 is 0 Å². The van der Waals surface area contributed by atoms with Crippen LogP contribution in [0.1, 0.15) is 42.8 Å². The van der Waals surface area contributed by atoms with Crippen molar-refractivity contribution in [3.63, 3.8) is 0 Å². The summed E-state index contributed by atoms with van der Waals surface area (Å²) in [5, 5.41) is 6.99. The molecular weight excluding hydrogens is 352 g/mol. The number of hydrogen-bond acceptors (Lipinski definition) is 6. The van der Waals surface area contributed by atoms with Crippen molar-refractivity contribution in [3.8, 4) is 0 Å². The molecule has 1 aromatic carbocycles. The molecule has 6 nitrogen and oxygen atoms in total. The third-order valence-corrected chi connectivity index (χ3v) is 4.41. The van der Waals surface area contributed by atoms with Gasteiger partial charge in [0, 0.05) is 6.04 Å². The van der Waals surface area contributed by atoms with Crippen molar-refractivity contribution in [2.24, 2.45) is 5.18 Å². The Balaban J connectivity index is 2.07. The number of nitrogens with one attached hydrogen (secondary N) is 1. The molecule has 0 saturated heterocycles. The van der Waals surface area contributed by atoms with Crippen LogP contribution in [0.3, 0.4) is 0 Å². The summed E-state index contributed by atoms with van der Waals surface area (Å²) in [6.45, 7) is 8.22. The third-order valence-electron chi connectivity index (χ3n) is 4.01. The van der Waals surface area contributed by atoms with Gasteiger partial charge in [-0.05, 0) is 24.5 Å². The lowest BCUT2D eigenvalue weighted by Crippen LogP contribution is -2.10. The monoisotopic (exact) mass is 374 g/mol. The van der Waals surface area contributed by atoms with Gasteiger partial charge in [-0.3, -0.25) is 0 Å². The molecule has 0 aliphatic rings. The van der Waals surface area contributed by atoms with Crippen LogP contribution in [0.25, 0.3) is 0 Å². The number of benzene rings is 1. The predicted molar refractivity (Wildman–Crippen MR) is 104 cm³/mol. The zero-order valence-electron chi connectivity index (χ0n) is 15.0. The third kappa shape index (κ3) is 5.09. The molecule has 2 unspecified atom stereocenters. The van der Waals surface area contributed by atoms with Gasteiger partial charge in [0.1, 0.15) is 23.2 Å². The molecule has 0 radical (unpaired) electrons. The van der Waals surface area contributed by atoms with Gasteiger partial charge in [0.2, 0.25) is 0 Å². The number of anilines is 1. The lowest BCUT2D eigenvalue weighted by molar-refractivity contribution is 0.147. The predicted octanol–water partition coefficient (Wildman–Crippen LogP) is 4.88. The van der Waals surface area contributed by atoms with E-state index in [9.17, 15) is 4.91 Å². The highest BCUT2D eigenvalue weighted by molar-refractivity contribution is 6.33.